The molecule has 1 atom stereocenters. The van der Waals surface area contributed by atoms with Crippen molar-refractivity contribution >= 4 is 17.5 Å². The van der Waals surface area contributed by atoms with E-state index in [-0.39, 0.29) is 29.5 Å². The highest BCUT2D eigenvalue weighted by Crippen LogP contribution is 2.28. The third-order valence-corrected chi connectivity index (χ3v) is 4.12. The van der Waals surface area contributed by atoms with Gasteiger partial charge in [-0.2, -0.15) is 5.26 Å². The van der Waals surface area contributed by atoms with Crippen LogP contribution in [0.25, 0.3) is 0 Å². The quantitative estimate of drug-likeness (QED) is 0.684. The second-order valence-corrected chi connectivity index (χ2v) is 6.21. The van der Waals surface area contributed by atoms with Gasteiger partial charge in [-0.05, 0) is 36.2 Å². The van der Waals surface area contributed by atoms with E-state index in [2.05, 4.69) is 11.2 Å². The average Bonchev–Trinajstić information content (AvgIpc) is 2.69. The number of methoxy groups -OCH3 is 1. The predicted molar refractivity (Wildman–Crippen MR) is 104 cm³/mol. The van der Waals surface area contributed by atoms with Gasteiger partial charge >= 0.3 is 0 Å². The SMILES string of the molecule is C#CCOc1ccc(CCC(=O)NC(C#N)c2ccc(Cl)cc2F)cc1OC. The topological polar surface area (TPSA) is 71.3 Å². The molecule has 0 aromatic heterocycles. The molecule has 0 bridgehead atoms. The monoisotopic (exact) mass is 400 g/mol. The minimum atomic E-state index is -1.10. The molecule has 1 unspecified atom stereocenters. The van der Waals surface area contributed by atoms with Crippen molar-refractivity contribution in [1.82, 2.24) is 5.32 Å². The number of hydrogen-bond acceptors (Lipinski definition) is 4. The Morgan fingerprint density at radius 1 is 1.32 bits per heavy atom. The lowest BCUT2D eigenvalue weighted by Crippen LogP contribution is -2.28. The summed E-state index contributed by atoms with van der Waals surface area (Å²) in [6.45, 7) is 0.120. The summed E-state index contributed by atoms with van der Waals surface area (Å²) in [7, 11) is 1.51. The first-order valence-corrected chi connectivity index (χ1v) is 8.73. The predicted octanol–water partition coefficient (Wildman–Crippen LogP) is 3.81. The summed E-state index contributed by atoms with van der Waals surface area (Å²) >= 11 is 5.71. The molecule has 0 radical (unpaired) electrons. The fourth-order valence-corrected chi connectivity index (χ4v) is 2.67. The molecule has 5 nitrogen and oxygen atoms in total. The number of nitrogens with one attached hydrogen (secondary N) is 1. The number of carbonyl (C=O) groups excluding carboxylic acids is 1. The van der Waals surface area contributed by atoms with Gasteiger partial charge in [0.2, 0.25) is 5.91 Å². The second-order valence-electron chi connectivity index (χ2n) is 5.77. The van der Waals surface area contributed by atoms with E-state index in [0.29, 0.717) is 17.9 Å². The largest absolute Gasteiger partial charge is 0.493 e. The van der Waals surface area contributed by atoms with Crippen molar-refractivity contribution in [2.75, 3.05) is 13.7 Å². The van der Waals surface area contributed by atoms with Crippen LogP contribution in [0.5, 0.6) is 11.5 Å². The van der Waals surface area contributed by atoms with E-state index >= 15 is 0 Å². The number of halogens is 2. The molecule has 1 amide bonds. The minimum Gasteiger partial charge on any atom is -0.493 e. The van der Waals surface area contributed by atoms with Gasteiger partial charge in [-0.1, -0.05) is 29.7 Å². The molecule has 0 saturated heterocycles. The second kappa shape index (κ2) is 10.2. The van der Waals surface area contributed by atoms with Crippen LogP contribution in [0.2, 0.25) is 5.02 Å². The Kier molecular flexibility index (Phi) is 7.68. The van der Waals surface area contributed by atoms with E-state index < -0.39 is 11.9 Å². The van der Waals surface area contributed by atoms with E-state index in [1.807, 2.05) is 6.07 Å². The Balaban J connectivity index is 1.99. The van der Waals surface area contributed by atoms with Gasteiger partial charge in [0.25, 0.3) is 0 Å². The number of hydrogen-bond donors (Lipinski definition) is 1. The van der Waals surface area contributed by atoms with Gasteiger partial charge in [0.15, 0.2) is 11.5 Å². The van der Waals surface area contributed by atoms with Gasteiger partial charge in [0.05, 0.1) is 13.2 Å². The number of nitriles is 1. The van der Waals surface area contributed by atoms with Crippen molar-refractivity contribution in [3.8, 4) is 29.9 Å². The highest BCUT2D eigenvalue weighted by atomic mass is 35.5. The van der Waals surface area contributed by atoms with E-state index in [4.69, 9.17) is 27.5 Å². The molecule has 0 fully saturated rings. The maximum Gasteiger partial charge on any atom is 0.221 e. The Bertz CT molecular complexity index is 934. The summed E-state index contributed by atoms with van der Waals surface area (Å²) in [5.41, 5.74) is 0.906. The van der Waals surface area contributed by atoms with Crippen molar-refractivity contribution in [3.63, 3.8) is 0 Å². The van der Waals surface area contributed by atoms with Gasteiger partial charge in [-0.15, -0.1) is 6.42 Å². The third kappa shape index (κ3) is 5.64. The molecule has 1 N–H and O–H groups in total. The Hall–Kier alpha value is -3.22. The van der Waals surface area contributed by atoms with Gasteiger partial charge < -0.3 is 14.8 Å². The number of benzene rings is 2. The first-order chi connectivity index (χ1) is 13.5. The summed E-state index contributed by atoms with van der Waals surface area (Å²) < 4.78 is 24.6. The molecule has 0 heterocycles. The van der Waals surface area contributed by atoms with Crippen LogP contribution in [0.3, 0.4) is 0 Å². The molecule has 0 spiro atoms. The number of ether oxygens (including phenoxy) is 2. The fraction of sp³-hybridized carbons (Fsp3) is 0.238. The normalized spacial score (nSPS) is 11.0. The smallest absolute Gasteiger partial charge is 0.221 e. The van der Waals surface area contributed by atoms with E-state index in [1.54, 1.807) is 18.2 Å². The van der Waals surface area contributed by atoms with Crippen molar-refractivity contribution < 1.29 is 18.7 Å². The number of aryl methyl sites for hydroxylation is 1. The zero-order chi connectivity index (χ0) is 20.5. The summed E-state index contributed by atoms with van der Waals surface area (Å²) in [4.78, 5) is 12.2. The summed E-state index contributed by atoms with van der Waals surface area (Å²) in [6, 6.07) is 9.99. The Morgan fingerprint density at radius 2 is 2.11 bits per heavy atom. The van der Waals surface area contributed by atoms with Crippen molar-refractivity contribution in [1.29, 1.82) is 5.26 Å². The number of rotatable bonds is 8. The molecule has 28 heavy (non-hydrogen) atoms. The zero-order valence-electron chi connectivity index (χ0n) is 15.2. The van der Waals surface area contributed by atoms with Crippen LogP contribution in [0.1, 0.15) is 23.6 Å². The van der Waals surface area contributed by atoms with Crippen LogP contribution in [0.4, 0.5) is 4.39 Å². The van der Waals surface area contributed by atoms with Gasteiger partial charge in [-0.25, -0.2) is 4.39 Å². The van der Waals surface area contributed by atoms with Crippen LogP contribution in [-0.4, -0.2) is 19.6 Å². The Labute approximate surface area is 168 Å². The lowest BCUT2D eigenvalue weighted by molar-refractivity contribution is -0.121. The van der Waals surface area contributed by atoms with Gasteiger partial charge in [-0.3, -0.25) is 4.79 Å². The molecule has 7 heteroatoms. The molecular weight excluding hydrogens is 383 g/mol. The molecule has 0 saturated carbocycles. The standard InChI is InChI=1S/C21H18ClFN2O3/c1-3-10-28-19-8-4-14(11-20(19)27-2)5-9-21(26)25-18(13-24)16-7-6-15(22)12-17(16)23/h1,4,6-8,11-12,18H,5,9-10H2,2H3,(H,25,26). The van der Waals surface area contributed by atoms with Crippen molar-refractivity contribution in [2.45, 2.75) is 18.9 Å². The first-order valence-electron chi connectivity index (χ1n) is 8.35. The number of terminal acetylenes is 1. The molecule has 2 aromatic rings. The molecule has 0 aliphatic heterocycles. The van der Waals surface area contributed by atoms with E-state index in [9.17, 15) is 14.4 Å². The first kappa shape index (κ1) is 21.1. The summed E-state index contributed by atoms with van der Waals surface area (Å²) in [5, 5.41) is 12.0. The van der Waals surface area contributed by atoms with Crippen LogP contribution < -0.4 is 14.8 Å². The van der Waals surface area contributed by atoms with E-state index in [1.165, 1.54) is 19.2 Å². The molecule has 144 valence electrons. The lowest BCUT2D eigenvalue weighted by atomic mass is 10.1. The van der Waals surface area contributed by atoms with Crippen LogP contribution in [-0.2, 0) is 11.2 Å². The maximum absolute atomic E-state index is 14.0. The highest BCUT2D eigenvalue weighted by molar-refractivity contribution is 6.30. The zero-order valence-corrected chi connectivity index (χ0v) is 15.9. The lowest BCUT2D eigenvalue weighted by Gasteiger charge is -2.14. The fourth-order valence-electron chi connectivity index (χ4n) is 2.51. The third-order valence-electron chi connectivity index (χ3n) is 3.89. The van der Waals surface area contributed by atoms with Crippen molar-refractivity contribution in [3.05, 3.63) is 58.4 Å². The molecular formula is C21H18ClFN2O3. The molecule has 2 rings (SSSR count). The number of amides is 1. The van der Waals surface area contributed by atoms with E-state index in [0.717, 1.165) is 11.6 Å². The summed E-state index contributed by atoms with van der Waals surface area (Å²) in [6.07, 6.45) is 5.69. The number of carbonyl (C=O) groups is 1. The van der Waals surface area contributed by atoms with Gasteiger partial charge in [0.1, 0.15) is 18.5 Å². The van der Waals surface area contributed by atoms with Gasteiger partial charge in [0, 0.05) is 17.0 Å². The molecule has 0 aliphatic rings. The summed E-state index contributed by atoms with van der Waals surface area (Å²) in [5.74, 6) is 2.36. The van der Waals surface area contributed by atoms with Crippen LogP contribution in [0.15, 0.2) is 36.4 Å². The van der Waals surface area contributed by atoms with Crippen LogP contribution >= 0.6 is 11.6 Å². The molecule has 0 aliphatic carbocycles. The molecule has 2 aromatic carbocycles. The maximum atomic E-state index is 14.0. The van der Waals surface area contributed by atoms with Crippen LogP contribution in [0, 0.1) is 29.5 Å². The number of nitrogens with zero attached hydrogens (tertiary/aromatic N) is 1. The minimum absolute atomic E-state index is 0.0666. The average molecular weight is 401 g/mol. The highest BCUT2D eigenvalue weighted by Gasteiger charge is 2.18. The Morgan fingerprint density at radius 3 is 2.75 bits per heavy atom. The van der Waals surface area contributed by atoms with Crippen molar-refractivity contribution in [2.24, 2.45) is 0 Å².